The van der Waals surface area contributed by atoms with Gasteiger partial charge >= 0.3 is 0 Å². The predicted octanol–water partition coefficient (Wildman–Crippen LogP) is 3.86. The molecule has 5 heteroatoms. The van der Waals surface area contributed by atoms with E-state index in [2.05, 4.69) is 15.9 Å². The zero-order chi connectivity index (χ0) is 15.4. The Morgan fingerprint density at radius 3 is 2.52 bits per heavy atom. The zero-order valence-electron chi connectivity index (χ0n) is 11.7. The number of benzene rings is 2. The Balaban J connectivity index is 2.22. The summed E-state index contributed by atoms with van der Waals surface area (Å²) in [5.74, 6) is -0.567. The average Bonchev–Trinajstić information content (AvgIpc) is 2.43. The number of rotatable bonds is 5. The molecule has 0 amide bonds. The van der Waals surface area contributed by atoms with Gasteiger partial charge in [0.2, 0.25) is 0 Å². The SMILES string of the molecule is CN(Cc1cccc(F)c1)C(CN)c1cc(F)ccc1Br. The minimum absolute atomic E-state index is 0.154. The Hall–Kier alpha value is -1.30. The molecule has 0 aliphatic rings. The maximum Gasteiger partial charge on any atom is 0.123 e. The molecule has 2 rings (SSSR count). The van der Waals surface area contributed by atoms with Crippen molar-refractivity contribution in [3.63, 3.8) is 0 Å². The highest BCUT2D eigenvalue weighted by atomic mass is 79.9. The van der Waals surface area contributed by atoms with Gasteiger partial charge in [-0.1, -0.05) is 28.1 Å². The summed E-state index contributed by atoms with van der Waals surface area (Å²) in [5.41, 5.74) is 7.49. The first-order valence-corrected chi connectivity index (χ1v) is 7.40. The molecule has 2 aromatic rings. The molecule has 0 saturated heterocycles. The van der Waals surface area contributed by atoms with E-state index in [4.69, 9.17) is 5.73 Å². The van der Waals surface area contributed by atoms with Gasteiger partial charge in [0.1, 0.15) is 11.6 Å². The largest absolute Gasteiger partial charge is 0.329 e. The van der Waals surface area contributed by atoms with E-state index in [1.54, 1.807) is 12.1 Å². The molecule has 1 atom stereocenters. The highest BCUT2D eigenvalue weighted by molar-refractivity contribution is 9.10. The van der Waals surface area contributed by atoms with Crippen LogP contribution in [0.5, 0.6) is 0 Å². The van der Waals surface area contributed by atoms with Gasteiger partial charge in [0.15, 0.2) is 0 Å². The molecular weight excluding hydrogens is 338 g/mol. The van der Waals surface area contributed by atoms with Gasteiger partial charge in [-0.2, -0.15) is 0 Å². The van der Waals surface area contributed by atoms with Crippen molar-refractivity contribution in [1.82, 2.24) is 4.90 Å². The van der Waals surface area contributed by atoms with Crippen LogP contribution in [0.1, 0.15) is 17.2 Å². The van der Waals surface area contributed by atoms with E-state index in [1.807, 2.05) is 18.0 Å². The molecule has 2 aromatic carbocycles. The Kier molecular flexibility index (Phi) is 5.45. The van der Waals surface area contributed by atoms with Gasteiger partial charge < -0.3 is 5.73 Å². The van der Waals surface area contributed by atoms with E-state index in [1.165, 1.54) is 24.3 Å². The van der Waals surface area contributed by atoms with E-state index >= 15 is 0 Å². The molecule has 0 fully saturated rings. The van der Waals surface area contributed by atoms with Gasteiger partial charge in [-0.25, -0.2) is 8.78 Å². The molecule has 0 radical (unpaired) electrons. The minimum Gasteiger partial charge on any atom is -0.329 e. The summed E-state index contributed by atoms with van der Waals surface area (Å²) in [7, 11) is 1.89. The zero-order valence-corrected chi connectivity index (χ0v) is 13.3. The lowest BCUT2D eigenvalue weighted by molar-refractivity contribution is 0.240. The molecule has 1 unspecified atom stereocenters. The summed E-state index contributed by atoms with van der Waals surface area (Å²) in [5, 5.41) is 0. The van der Waals surface area contributed by atoms with Crippen molar-refractivity contribution < 1.29 is 8.78 Å². The van der Waals surface area contributed by atoms with E-state index in [9.17, 15) is 8.78 Å². The van der Waals surface area contributed by atoms with E-state index in [-0.39, 0.29) is 17.7 Å². The third-order valence-electron chi connectivity index (χ3n) is 3.39. The van der Waals surface area contributed by atoms with Crippen molar-refractivity contribution in [3.8, 4) is 0 Å². The highest BCUT2D eigenvalue weighted by Crippen LogP contribution is 2.28. The number of nitrogens with zero attached hydrogens (tertiary/aromatic N) is 1. The fraction of sp³-hybridized carbons (Fsp3) is 0.250. The summed E-state index contributed by atoms with van der Waals surface area (Å²) in [6.07, 6.45) is 0. The number of halogens is 3. The molecule has 0 bridgehead atoms. The Morgan fingerprint density at radius 1 is 1.14 bits per heavy atom. The summed E-state index contributed by atoms with van der Waals surface area (Å²) >= 11 is 3.43. The van der Waals surface area contributed by atoms with Crippen LogP contribution in [0.2, 0.25) is 0 Å². The van der Waals surface area contributed by atoms with Crippen LogP contribution in [0.15, 0.2) is 46.9 Å². The fourth-order valence-corrected chi connectivity index (χ4v) is 2.86. The van der Waals surface area contributed by atoms with Crippen molar-refractivity contribution in [3.05, 3.63) is 69.7 Å². The van der Waals surface area contributed by atoms with Crippen LogP contribution in [0, 0.1) is 11.6 Å². The first kappa shape index (κ1) is 16.1. The number of hydrogen-bond acceptors (Lipinski definition) is 2. The minimum atomic E-state index is -0.300. The van der Waals surface area contributed by atoms with Crippen LogP contribution < -0.4 is 5.73 Å². The lowest BCUT2D eigenvalue weighted by Crippen LogP contribution is -2.30. The van der Waals surface area contributed by atoms with Crippen LogP contribution >= 0.6 is 15.9 Å². The molecule has 0 aromatic heterocycles. The molecule has 0 saturated carbocycles. The molecule has 21 heavy (non-hydrogen) atoms. The van der Waals surface area contributed by atoms with Crippen LogP contribution in [-0.4, -0.2) is 18.5 Å². The number of nitrogens with two attached hydrogens (primary N) is 1. The second-order valence-electron chi connectivity index (χ2n) is 4.96. The summed E-state index contributed by atoms with van der Waals surface area (Å²) < 4.78 is 27.5. The molecule has 0 aliphatic heterocycles. The number of hydrogen-bond donors (Lipinski definition) is 1. The average molecular weight is 355 g/mol. The maximum atomic E-state index is 13.5. The van der Waals surface area contributed by atoms with Gasteiger partial charge in [-0.15, -0.1) is 0 Å². The van der Waals surface area contributed by atoms with Crippen LogP contribution in [0.4, 0.5) is 8.78 Å². The molecule has 0 spiro atoms. The van der Waals surface area contributed by atoms with Crippen molar-refractivity contribution in [2.24, 2.45) is 5.73 Å². The van der Waals surface area contributed by atoms with Crippen molar-refractivity contribution in [1.29, 1.82) is 0 Å². The van der Waals surface area contributed by atoms with Crippen LogP contribution in [-0.2, 0) is 6.54 Å². The highest BCUT2D eigenvalue weighted by Gasteiger charge is 2.19. The molecule has 2 N–H and O–H groups in total. The third-order valence-corrected chi connectivity index (χ3v) is 4.12. The predicted molar refractivity (Wildman–Crippen MR) is 83.8 cm³/mol. The first-order valence-electron chi connectivity index (χ1n) is 6.61. The van der Waals surface area contributed by atoms with E-state index in [0.29, 0.717) is 13.1 Å². The van der Waals surface area contributed by atoms with Crippen LogP contribution in [0.25, 0.3) is 0 Å². The van der Waals surface area contributed by atoms with Crippen molar-refractivity contribution >= 4 is 15.9 Å². The second-order valence-corrected chi connectivity index (χ2v) is 5.82. The molecular formula is C16H17BrF2N2. The molecule has 0 aliphatic carbocycles. The molecule has 0 heterocycles. The lowest BCUT2D eigenvalue weighted by atomic mass is 10.0. The summed E-state index contributed by atoms with van der Waals surface area (Å²) in [6.45, 7) is 0.871. The normalized spacial score (nSPS) is 12.7. The second kappa shape index (κ2) is 7.11. The smallest absolute Gasteiger partial charge is 0.123 e. The fourth-order valence-electron chi connectivity index (χ4n) is 2.35. The standard InChI is InChI=1S/C16H17BrF2N2/c1-21(10-11-3-2-4-12(18)7-11)16(9-20)14-8-13(19)5-6-15(14)17/h2-8,16H,9-10,20H2,1H3. The van der Waals surface area contributed by atoms with Crippen molar-refractivity contribution in [2.75, 3.05) is 13.6 Å². The molecule has 2 nitrogen and oxygen atoms in total. The van der Waals surface area contributed by atoms with Gasteiger partial charge in [0.05, 0.1) is 0 Å². The molecule has 112 valence electrons. The van der Waals surface area contributed by atoms with E-state index < -0.39 is 0 Å². The Labute approximate surface area is 131 Å². The third kappa shape index (κ3) is 4.09. The van der Waals surface area contributed by atoms with Crippen molar-refractivity contribution in [2.45, 2.75) is 12.6 Å². The number of likely N-dealkylation sites (N-methyl/N-ethyl adjacent to an activating group) is 1. The Morgan fingerprint density at radius 2 is 1.86 bits per heavy atom. The summed E-state index contributed by atoms with van der Waals surface area (Å²) in [6, 6.07) is 10.8. The van der Waals surface area contributed by atoms with Gasteiger partial charge in [0.25, 0.3) is 0 Å². The van der Waals surface area contributed by atoms with E-state index in [0.717, 1.165) is 15.6 Å². The monoisotopic (exact) mass is 354 g/mol. The Bertz CT molecular complexity index is 619. The topological polar surface area (TPSA) is 29.3 Å². The van der Waals surface area contributed by atoms with Gasteiger partial charge in [0, 0.05) is 23.6 Å². The first-order chi connectivity index (χ1) is 10.0. The lowest BCUT2D eigenvalue weighted by Gasteiger charge is -2.28. The quantitative estimate of drug-likeness (QED) is 0.883. The van der Waals surface area contributed by atoms with Gasteiger partial charge in [-0.05, 0) is 48.5 Å². The maximum absolute atomic E-state index is 13.5. The van der Waals surface area contributed by atoms with Gasteiger partial charge in [-0.3, -0.25) is 4.90 Å². The summed E-state index contributed by atoms with van der Waals surface area (Å²) in [4.78, 5) is 1.98. The van der Waals surface area contributed by atoms with Crippen LogP contribution in [0.3, 0.4) is 0 Å².